The molecule has 2 aromatic carbocycles. The quantitative estimate of drug-likeness (QED) is 0.292. The van der Waals surface area contributed by atoms with E-state index in [1.807, 2.05) is 24.1 Å². The highest BCUT2D eigenvalue weighted by atomic mass is 19.4. The van der Waals surface area contributed by atoms with Gasteiger partial charge in [0.15, 0.2) is 5.82 Å². The van der Waals surface area contributed by atoms with E-state index < -0.39 is 23.9 Å². The minimum atomic E-state index is -4.59. The van der Waals surface area contributed by atoms with Crippen molar-refractivity contribution in [3.63, 3.8) is 0 Å². The fourth-order valence-corrected chi connectivity index (χ4v) is 6.63. The number of fused-ring (bicyclic) bond motifs is 1. The van der Waals surface area contributed by atoms with E-state index in [1.165, 1.54) is 29.2 Å². The summed E-state index contributed by atoms with van der Waals surface area (Å²) in [4.78, 5) is 33.1. The fraction of sp³-hybridized carbons (Fsp3) is 0.469. The van der Waals surface area contributed by atoms with Crippen molar-refractivity contribution in [1.29, 1.82) is 0 Å². The molecule has 3 amide bonds. The predicted molar refractivity (Wildman–Crippen MR) is 159 cm³/mol. The van der Waals surface area contributed by atoms with E-state index >= 15 is 0 Å². The van der Waals surface area contributed by atoms with Gasteiger partial charge in [-0.25, -0.2) is 14.0 Å². The Labute approximate surface area is 258 Å². The number of piperidine rings is 1. The average molecular weight is 629 g/mol. The van der Waals surface area contributed by atoms with Gasteiger partial charge < -0.3 is 19.4 Å². The number of alkyl halides is 3. The molecule has 240 valence electrons. The maximum atomic E-state index is 14.7. The molecule has 0 spiro atoms. The summed E-state index contributed by atoms with van der Waals surface area (Å²) in [6, 6.07) is 9.49. The SMILES string of the molecule is CCOC(=O)N1CC[C@H]1Cn1cc2c(n1)N(Cc1ccccc1C(F)(F)F)C(=O)N(C1CCN(c3c(C)cccc3F)CC1)C2. The van der Waals surface area contributed by atoms with Crippen LogP contribution in [0.15, 0.2) is 48.7 Å². The van der Waals surface area contributed by atoms with Crippen molar-refractivity contribution >= 4 is 23.6 Å². The molecule has 3 aromatic rings. The number of aryl methyl sites for hydroxylation is 1. The van der Waals surface area contributed by atoms with E-state index in [9.17, 15) is 27.2 Å². The summed E-state index contributed by atoms with van der Waals surface area (Å²) in [5, 5.41) is 4.67. The number of hydrogen-bond acceptors (Lipinski definition) is 5. The Morgan fingerprint density at radius 1 is 1.04 bits per heavy atom. The number of rotatable bonds is 7. The number of benzene rings is 2. The fourth-order valence-electron chi connectivity index (χ4n) is 6.63. The van der Waals surface area contributed by atoms with Crippen LogP contribution in [0.25, 0.3) is 0 Å². The van der Waals surface area contributed by atoms with Gasteiger partial charge in [0, 0.05) is 37.4 Å². The number of carbonyl (C=O) groups excluding carboxylic acids is 2. The summed E-state index contributed by atoms with van der Waals surface area (Å²) in [6.07, 6.45) is -1.25. The topological polar surface area (TPSA) is 74.1 Å². The van der Waals surface area contributed by atoms with Crippen LogP contribution in [0.1, 0.15) is 48.4 Å². The van der Waals surface area contributed by atoms with Crippen LogP contribution >= 0.6 is 0 Å². The van der Waals surface area contributed by atoms with Gasteiger partial charge in [-0.15, -0.1) is 0 Å². The lowest BCUT2D eigenvalue weighted by Gasteiger charge is -2.43. The molecular formula is C32H36F4N6O3. The first-order chi connectivity index (χ1) is 21.5. The minimum absolute atomic E-state index is 0.0296. The summed E-state index contributed by atoms with van der Waals surface area (Å²) in [6.45, 7) is 5.83. The van der Waals surface area contributed by atoms with Crippen molar-refractivity contribution in [2.75, 3.05) is 36.0 Å². The maximum Gasteiger partial charge on any atom is 0.416 e. The maximum absolute atomic E-state index is 14.7. The number of urea groups is 1. The molecule has 1 atom stereocenters. The van der Waals surface area contributed by atoms with Crippen molar-refractivity contribution in [2.24, 2.45) is 0 Å². The number of aromatic nitrogens is 2. The predicted octanol–water partition coefficient (Wildman–Crippen LogP) is 6.19. The second-order valence-electron chi connectivity index (χ2n) is 11.8. The van der Waals surface area contributed by atoms with Crippen molar-refractivity contribution in [2.45, 2.75) is 71.0 Å². The Bertz CT molecular complexity index is 1550. The zero-order valence-electron chi connectivity index (χ0n) is 25.3. The molecule has 13 heteroatoms. The molecule has 0 radical (unpaired) electrons. The Hall–Kier alpha value is -4.29. The van der Waals surface area contributed by atoms with Gasteiger partial charge in [-0.05, 0) is 56.4 Å². The molecule has 9 nitrogen and oxygen atoms in total. The molecule has 0 aliphatic carbocycles. The molecule has 0 unspecified atom stereocenters. The molecule has 4 heterocycles. The van der Waals surface area contributed by atoms with E-state index in [1.54, 1.807) is 27.5 Å². The van der Waals surface area contributed by atoms with Crippen molar-refractivity contribution < 1.29 is 31.9 Å². The summed E-state index contributed by atoms with van der Waals surface area (Å²) in [5.41, 5.74) is 1.28. The summed E-state index contributed by atoms with van der Waals surface area (Å²) in [5.74, 6) is 0.0247. The molecule has 3 aliphatic rings. The third kappa shape index (κ3) is 6.04. The number of halogens is 4. The van der Waals surface area contributed by atoms with Gasteiger partial charge in [-0.1, -0.05) is 30.3 Å². The van der Waals surface area contributed by atoms with E-state index in [4.69, 9.17) is 4.74 Å². The van der Waals surface area contributed by atoms with Crippen LogP contribution in [0.5, 0.6) is 0 Å². The van der Waals surface area contributed by atoms with Crippen LogP contribution in [0.2, 0.25) is 0 Å². The van der Waals surface area contributed by atoms with Crippen LogP contribution in [-0.2, 0) is 30.5 Å². The number of nitrogens with zero attached hydrogens (tertiary/aromatic N) is 6. The van der Waals surface area contributed by atoms with Crippen molar-refractivity contribution in [3.05, 3.63) is 76.7 Å². The number of ether oxygens (including phenoxy) is 1. The number of likely N-dealkylation sites (tertiary alicyclic amines) is 1. The molecular weight excluding hydrogens is 592 g/mol. The van der Waals surface area contributed by atoms with Gasteiger partial charge in [0.05, 0.1) is 43.5 Å². The second-order valence-corrected chi connectivity index (χ2v) is 11.8. The average Bonchev–Trinajstić information content (AvgIpc) is 3.39. The van der Waals surface area contributed by atoms with Crippen LogP contribution in [0.4, 0.5) is 38.7 Å². The Kier molecular flexibility index (Phi) is 8.36. The normalized spacial score (nSPS) is 19.1. The first kappa shape index (κ1) is 30.7. The van der Waals surface area contributed by atoms with Crippen LogP contribution in [0, 0.1) is 12.7 Å². The summed E-state index contributed by atoms with van der Waals surface area (Å²) < 4.78 is 63.3. The molecule has 0 N–H and O–H groups in total. The lowest BCUT2D eigenvalue weighted by atomic mass is 10.00. The van der Waals surface area contributed by atoms with Gasteiger partial charge in [-0.2, -0.15) is 18.3 Å². The molecule has 6 rings (SSSR count). The summed E-state index contributed by atoms with van der Waals surface area (Å²) >= 11 is 0. The largest absolute Gasteiger partial charge is 0.450 e. The van der Waals surface area contributed by atoms with Crippen LogP contribution < -0.4 is 9.80 Å². The van der Waals surface area contributed by atoms with Crippen molar-refractivity contribution in [3.8, 4) is 0 Å². The first-order valence-corrected chi connectivity index (χ1v) is 15.3. The van der Waals surface area contributed by atoms with E-state index in [0.29, 0.717) is 56.1 Å². The number of amides is 3. The third-order valence-electron chi connectivity index (χ3n) is 8.99. The van der Waals surface area contributed by atoms with E-state index in [0.717, 1.165) is 18.1 Å². The number of para-hydroxylation sites is 1. The molecule has 0 saturated carbocycles. The van der Waals surface area contributed by atoms with Gasteiger partial charge in [-0.3, -0.25) is 9.58 Å². The zero-order chi connectivity index (χ0) is 31.9. The number of anilines is 2. The smallest absolute Gasteiger partial charge is 0.416 e. The highest BCUT2D eigenvalue weighted by Gasteiger charge is 2.41. The molecule has 3 aliphatic heterocycles. The van der Waals surface area contributed by atoms with E-state index in [2.05, 4.69) is 5.10 Å². The van der Waals surface area contributed by atoms with Gasteiger partial charge in [0.25, 0.3) is 0 Å². The lowest BCUT2D eigenvalue weighted by Crippen LogP contribution is -2.54. The highest BCUT2D eigenvalue weighted by Crippen LogP contribution is 2.37. The molecule has 2 saturated heterocycles. The Morgan fingerprint density at radius 2 is 1.80 bits per heavy atom. The Morgan fingerprint density at radius 3 is 2.47 bits per heavy atom. The standard InChI is InChI=1S/C32H36F4N6O3/c1-3-45-31(44)40-16-13-25(40)20-39-17-23-19-41(24-11-14-38(15-12-24)28-21(2)7-6-10-27(28)33)30(43)42(29(23)37-39)18-22-8-4-5-9-26(22)32(34,35)36/h4-10,17,24-25H,3,11-16,18-20H2,1-2H3/t25-/m0/s1. The molecule has 1 aromatic heterocycles. The monoisotopic (exact) mass is 628 g/mol. The number of hydrogen-bond donors (Lipinski definition) is 0. The van der Waals surface area contributed by atoms with Gasteiger partial charge in [0.1, 0.15) is 5.82 Å². The zero-order valence-corrected chi connectivity index (χ0v) is 25.3. The molecule has 2 fully saturated rings. The van der Waals surface area contributed by atoms with Crippen molar-refractivity contribution in [1.82, 2.24) is 19.6 Å². The van der Waals surface area contributed by atoms with Crippen LogP contribution in [0.3, 0.4) is 0 Å². The van der Waals surface area contributed by atoms with Crippen LogP contribution in [-0.4, -0.2) is 70.0 Å². The van der Waals surface area contributed by atoms with E-state index in [-0.39, 0.29) is 43.2 Å². The van der Waals surface area contributed by atoms with Gasteiger partial charge >= 0.3 is 18.3 Å². The lowest BCUT2D eigenvalue weighted by molar-refractivity contribution is -0.138. The molecule has 45 heavy (non-hydrogen) atoms. The third-order valence-corrected chi connectivity index (χ3v) is 8.99. The minimum Gasteiger partial charge on any atom is -0.450 e. The Balaban J connectivity index is 1.26. The summed E-state index contributed by atoms with van der Waals surface area (Å²) in [7, 11) is 0. The molecule has 0 bridgehead atoms. The number of carbonyl (C=O) groups is 2. The first-order valence-electron chi connectivity index (χ1n) is 15.3. The van der Waals surface area contributed by atoms with Gasteiger partial charge in [0.2, 0.25) is 0 Å². The highest BCUT2D eigenvalue weighted by molar-refractivity contribution is 5.94. The second kappa shape index (κ2) is 12.2.